The highest BCUT2D eigenvalue weighted by Gasteiger charge is 2.00. The molecule has 0 aliphatic heterocycles. The van der Waals surface area contributed by atoms with Crippen molar-refractivity contribution in [3.63, 3.8) is 0 Å². The van der Waals surface area contributed by atoms with Gasteiger partial charge in [0.2, 0.25) is 0 Å². The summed E-state index contributed by atoms with van der Waals surface area (Å²) in [6.45, 7) is 0.473. The Bertz CT molecular complexity index is 250. The number of ether oxygens (including phenoxy) is 1. The third kappa shape index (κ3) is 1.85. The van der Waals surface area contributed by atoms with Crippen molar-refractivity contribution in [3.8, 4) is 5.75 Å². The average Bonchev–Trinajstić information content (AvgIpc) is 2.04. The molecule has 1 rings (SSSR count). The molecule has 0 saturated carbocycles. The first-order chi connectivity index (χ1) is 5.27. The molecular weight excluding hydrogens is 162 g/mol. The second-order valence-electron chi connectivity index (χ2n) is 2.16. The molecule has 60 valence electrons. The van der Waals surface area contributed by atoms with E-state index in [0.717, 1.165) is 11.3 Å². The van der Waals surface area contributed by atoms with Gasteiger partial charge in [0.25, 0.3) is 0 Å². The Balaban J connectivity index is 3.06. The Labute approximate surface area is 70.9 Å². The fraction of sp³-hybridized carbons (Fsp3) is 0.250. The minimum atomic E-state index is 0.473. The number of hydrogen-bond donors (Lipinski definition) is 1. The quantitative estimate of drug-likeness (QED) is 0.737. The fourth-order valence-electron chi connectivity index (χ4n) is 0.887. The molecule has 11 heavy (non-hydrogen) atoms. The lowest BCUT2D eigenvalue weighted by Gasteiger charge is -2.05. The second-order valence-corrected chi connectivity index (χ2v) is 2.60. The molecular formula is C8H10ClNO. The van der Waals surface area contributed by atoms with Crippen molar-refractivity contribution in [2.24, 2.45) is 5.73 Å². The van der Waals surface area contributed by atoms with Gasteiger partial charge in [-0.25, -0.2) is 0 Å². The third-order valence-electron chi connectivity index (χ3n) is 1.47. The highest BCUT2D eigenvalue weighted by molar-refractivity contribution is 6.30. The minimum Gasteiger partial charge on any atom is -0.496 e. The van der Waals surface area contributed by atoms with Gasteiger partial charge in [-0.15, -0.1) is 0 Å². The molecule has 0 aromatic heterocycles. The Hall–Kier alpha value is -0.730. The SMILES string of the molecule is COc1cc(Cl)ccc1CN. The van der Waals surface area contributed by atoms with E-state index < -0.39 is 0 Å². The zero-order valence-electron chi connectivity index (χ0n) is 6.30. The van der Waals surface area contributed by atoms with Gasteiger partial charge in [0.05, 0.1) is 7.11 Å². The lowest BCUT2D eigenvalue weighted by atomic mass is 10.2. The van der Waals surface area contributed by atoms with Crippen LogP contribution in [0.2, 0.25) is 5.02 Å². The van der Waals surface area contributed by atoms with Crippen LogP contribution >= 0.6 is 11.6 Å². The molecule has 2 N–H and O–H groups in total. The van der Waals surface area contributed by atoms with Crippen molar-refractivity contribution in [1.82, 2.24) is 0 Å². The predicted molar refractivity (Wildman–Crippen MR) is 45.9 cm³/mol. The summed E-state index contributed by atoms with van der Waals surface area (Å²) in [5.74, 6) is 0.750. The normalized spacial score (nSPS) is 9.73. The van der Waals surface area contributed by atoms with Crippen molar-refractivity contribution >= 4 is 11.6 Å². The van der Waals surface area contributed by atoms with Crippen LogP contribution in [0, 0.1) is 0 Å². The van der Waals surface area contributed by atoms with Gasteiger partial charge < -0.3 is 10.5 Å². The Morgan fingerprint density at radius 2 is 2.27 bits per heavy atom. The van der Waals surface area contributed by atoms with Crippen molar-refractivity contribution in [2.75, 3.05) is 7.11 Å². The van der Waals surface area contributed by atoms with Crippen LogP contribution in [0.5, 0.6) is 5.75 Å². The van der Waals surface area contributed by atoms with Crippen molar-refractivity contribution in [3.05, 3.63) is 28.8 Å². The van der Waals surface area contributed by atoms with Crippen LogP contribution in [0.25, 0.3) is 0 Å². The summed E-state index contributed by atoms with van der Waals surface area (Å²) < 4.78 is 5.05. The molecule has 3 heteroatoms. The summed E-state index contributed by atoms with van der Waals surface area (Å²) >= 11 is 5.73. The van der Waals surface area contributed by atoms with Gasteiger partial charge in [-0.1, -0.05) is 17.7 Å². The first kappa shape index (κ1) is 8.37. The number of nitrogens with two attached hydrogens (primary N) is 1. The van der Waals surface area contributed by atoms with Crippen molar-refractivity contribution in [2.45, 2.75) is 6.54 Å². The van der Waals surface area contributed by atoms with E-state index in [9.17, 15) is 0 Å². The summed E-state index contributed by atoms with van der Waals surface area (Å²) in [6, 6.07) is 5.41. The second kappa shape index (κ2) is 3.60. The van der Waals surface area contributed by atoms with Crippen LogP contribution in [-0.2, 0) is 6.54 Å². The first-order valence-corrected chi connectivity index (χ1v) is 3.68. The van der Waals surface area contributed by atoms with E-state index in [0.29, 0.717) is 11.6 Å². The molecule has 0 bridgehead atoms. The Morgan fingerprint density at radius 3 is 2.82 bits per heavy atom. The molecule has 0 unspecified atom stereocenters. The van der Waals surface area contributed by atoms with E-state index in [4.69, 9.17) is 22.1 Å². The molecule has 0 aliphatic carbocycles. The van der Waals surface area contributed by atoms with E-state index in [1.807, 2.05) is 6.07 Å². The molecule has 0 radical (unpaired) electrons. The fourth-order valence-corrected chi connectivity index (χ4v) is 1.05. The molecule has 0 amide bonds. The molecule has 0 saturated heterocycles. The lowest BCUT2D eigenvalue weighted by Crippen LogP contribution is -1.99. The maximum absolute atomic E-state index is 5.73. The Morgan fingerprint density at radius 1 is 1.55 bits per heavy atom. The van der Waals surface area contributed by atoms with Gasteiger partial charge in [-0.2, -0.15) is 0 Å². The minimum absolute atomic E-state index is 0.473. The van der Waals surface area contributed by atoms with Crippen LogP contribution in [0.3, 0.4) is 0 Å². The molecule has 1 aromatic carbocycles. The van der Waals surface area contributed by atoms with E-state index in [1.54, 1.807) is 19.2 Å². The van der Waals surface area contributed by atoms with E-state index >= 15 is 0 Å². The zero-order valence-corrected chi connectivity index (χ0v) is 7.06. The van der Waals surface area contributed by atoms with Gasteiger partial charge in [-0.05, 0) is 12.1 Å². The van der Waals surface area contributed by atoms with Gasteiger partial charge >= 0.3 is 0 Å². The van der Waals surface area contributed by atoms with Crippen LogP contribution in [0.4, 0.5) is 0 Å². The van der Waals surface area contributed by atoms with Crippen molar-refractivity contribution in [1.29, 1.82) is 0 Å². The number of methoxy groups -OCH3 is 1. The number of halogens is 1. The average molecular weight is 172 g/mol. The first-order valence-electron chi connectivity index (χ1n) is 3.30. The van der Waals surface area contributed by atoms with Crippen LogP contribution in [-0.4, -0.2) is 7.11 Å². The van der Waals surface area contributed by atoms with E-state index in [2.05, 4.69) is 0 Å². The molecule has 0 atom stereocenters. The van der Waals surface area contributed by atoms with Gasteiger partial charge in [0, 0.05) is 17.1 Å². The topological polar surface area (TPSA) is 35.2 Å². The maximum Gasteiger partial charge on any atom is 0.124 e. The highest BCUT2D eigenvalue weighted by atomic mass is 35.5. The van der Waals surface area contributed by atoms with Crippen LogP contribution in [0.1, 0.15) is 5.56 Å². The highest BCUT2D eigenvalue weighted by Crippen LogP contribution is 2.22. The molecule has 0 spiro atoms. The van der Waals surface area contributed by atoms with Gasteiger partial charge in [-0.3, -0.25) is 0 Å². The molecule has 0 aliphatic rings. The van der Waals surface area contributed by atoms with Gasteiger partial charge in [0.1, 0.15) is 5.75 Å². The van der Waals surface area contributed by atoms with Crippen molar-refractivity contribution < 1.29 is 4.74 Å². The number of hydrogen-bond acceptors (Lipinski definition) is 2. The van der Waals surface area contributed by atoms with Gasteiger partial charge in [0.15, 0.2) is 0 Å². The number of benzene rings is 1. The van der Waals surface area contributed by atoms with Crippen LogP contribution < -0.4 is 10.5 Å². The molecule has 1 aromatic rings. The standard InChI is InChI=1S/C8H10ClNO/c1-11-8-4-7(9)3-2-6(8)5-10/h2-4H,5,10H2,1H3. The summed E-state index contributed by atoms with van der Waals surface area (Å²) in [4.78, 5) is 0. The molecule has 2 nitrogen and oxygen atoms in total. The largest absolute Gasteiger partial charge is 0.496 e. The monoisotopic (exact) mass is 171 g/mol. The summed E-state index contributed by atoms with van der Waals surface area (Å²) in [7, 11) is 1.60. The lowest BCUT2D eigenvalue weighted by molar-refractivity contribution is 0.410. The number of rotatable bonds is 2. The Kier molecular flexibility index (Phi) is 2.74. The molecule has 0 fully saturated rings. The zero-order chi connectivity index (χ0) is 8.27. The van der Waals surface area contributed by atoms with E-state index in [1.165, 1.54) is 0 Å². The smallest absolute Gasteiger partial charge is 0.124 e. The molecule has 0 heterocycles. The summed E-state index contributed by atoms with van der Waals surface area (Å²) in [5.41, 5.74) is 6.42. The predicted octanol–water partition coefficient (Wildman–Crippen LogP) is 1.81. The van der Waals surface area contributed by atoms with E-state index in [-0.39, 0.29) is 0 Å². The van der Waals surface area contributed by atoms with Crippen LogP contribution in [0.15, 0.2) is 18.2 Å². The summed E-state index contributed by atoms with van der Waals surface area (Å²) in [6.07, 6.45) is 0. The summed E-state index contributed by atoms with van der Waals surface area (Å²) in [5, 5.41) is 0.666. The maximum atomic E-state index is 5.73. The third-order valence-corrected chi connectivity index (χ3v) is 1.70.